The molecule has 1 amide bonds. The number of hydrogen-bond acceptors (Lipinski definition) is 2. The van der Waals surface area contributed by atoms with Gasteiger partial charge >= 0.3 is 0 Å². The minimum Gasteiger partial charge on any atom is -0.322 e. The molecule has 1 N–H and O–H groups in total. The number of carbonyl (C=O) groups is 1. The van der Waals surface area contributed by atoms with Gasteiger partial charge in [-0.15, -0.1) is 11.8 Å². The lowest BCUT2D eigenvalue weighted by molar-refractivity contribution is 0.102. The lowest BCUT2D eigenvalue weighted by atomic mass is 9.99. The van der Waals surface area contributed by atoms with Crippen LogP contribution >= 0.6 is 11.8 Å². The van der Waals surface area contributed by atoms with Gasteiger partial charge in [0.1, 0.15) is 0 Å². The topological polar surface area (TPSA) is 29.1 Å². The Balaban J connectivity index is 1.82. The van der Waals surface area contributed by atoms with Crippen LogP contribution in [0.15, 0.2) is 83.8 Å². The van der Waals surface area contributed by atoms with Gasteiger partial charge in [-0.05, 0) is 48.1 Å². The first kappa shape index (κ1) is 16.3. The molecule has 24 heavy (non-hydrogen) atoms. The zero-order valence-corrected chi connectivity index (χ0v) is 14.3. The van der Waals surface area contributed by atoms with Gasteiger partial charge in [-0.25, -0.2) is 0 Å². The summed E-state index contributed by atoms with van der Waals surface area (Å²) >= 11 is 1.66. The highest BCUT2D eigenvalue weighted by Crippen LogP contribution is 2.21. The molecule has 3 heteroatoms. The quantitative estimate of drug-likeness (QED) is 0.646. The molecule has 3 rings (SSSR count). The van der Waals surface area contributed by atoms with Crippen molar-refractivity contribution in [1.82, 2.24) is 0 Å². The molecule has 0 bridgehead atoms. The summed E-state index contributed by atoms with van der Waals surface area (Å²) in [7, 11) is 0. The third-order valence-corrected chi connectivity index (χ3v) is 4.55. The molecule has 0 aromatic heterocycles. The molecule has 0 saturated carbocycles. The molecule has 0 saturated heterocycles. The van der Waals surface area contributed by atoms with Crippen molar-refractivity contribution >= 4 is 23.4 Å². The molecule has 0 radical (unpaired) electrons. The van der Waals surface area contributed by atoms with E-state index >= 15 is 0 Å². The number of nitrogens with one attached hydrogen (secondary N) is 1. The highest BCUT2D eigenvalue weighted by molar-refractivity contribution is 7.98. The van der Waals surface area contributed by atoms with E-state index in [1.807, 2.05) is 73.0 Å². The minimum atomic E-state index is -0.0696. The van der Waals surface area contributed by atoms with Crippen molar-refractivity contribution in [2.75, 3.05) is 11.6 Å². The van der Waals surface area contributed by atoms with E-state index < -0.39 is 0 Å². The van der Waals surface area contributed by atoms with E-state index in [0.717, 1.165) is 28.1 Å². The van der Waals surface area contributed by atoms with Gasteiger partial charge in [-0.2, -0.15) is 0 Å². The molecule has 0 atom stereocenters. The van der Waals surface area contributed by atoms with Crippen LogP contribution in [-0.4, -0.2) is 12.2 Å². The Hall–Kier alpha value is -2.52. The molecule has 0 aliphatic heterocycles. The molecule has 120 valence electrons. The van der Waals surface area contributed by atoms with Gasteiger partial charge in [-0.1, -0.05) is 54.6 Å². The summed E-state index contributed by atoms with van der Waals surface area (Å²) in [5.74, 6) is -0.0696. The molecule has 0 aliphatic rings. The van der Waals surface area contributed by atoms with Crippen molar-refractivity contribution in [3.63, 3.8) is 0 Å². The molecule has 3 aromatic rings. The summed E-state index contributed by atoms with van der Waals surface area (Å²) in [5.41, 5.74) is 3.77. The first-order valence-electron chi connectivity index (χ1n) is 7.83. The highest BCUT2D eigenvalue weighted by atomic mass is 32.2. The maximum atomic E-state index is 12.7. The van der Waals surface area contributed by atoms with Gasteiger partial charge in [0.2, 0.25) is 0 Å². The van der Waals surface area contributed by atoms with E-state index in [2.05, 4.69) is 17.4 Å². The smallest absolute Gasteiger partial charge is 0.255 e. The number of benzene rings is 3. The lowest BCUT2D eigenvalue weighted by Crippen LogP contribution is -2.14. The van der Waals surface area contributed by atoms with Crippen LogP contribution in [-0.2, 0) is 6.42 Å². The third-order valence-electron chi connectivity index (χ3n) is 3.83. The number of carbonyl (C=O) groups excluding carboxylic acids is 1. The fraction of sp³-hybridized carbons (Fsp3) is 0.0952. The average Bonchev–Trinajstić information content (AvgIpc) is 2.63. The van der Waals surface area contributed by atoms with Gasteiger partial charge in [0.25, 0.3) is 5.91 Å². The summed E-state index contributed by atoms with van der Waals surface area (Å²) < 4.78 is 0. The van der Waals surface area contributed by atoms with Gasteiger partial charge in [0.15, 0.2) is 0 Å². The second kappa shape index (κ2) is 7.84. The standard InChI is InChI=1S/C21H19NOS/c1-24-19-12-7-11-18(15-19)22-21(23)20-13-6-5-10-17(20)14-16-8-3-2-4-9-16/h2-13,15H,14H2,1H3,(H,22,23). The van der Waals surface area contributed by atoms with Crippen LogP contribution in [0.3, 0.4) is 0 Å². The SMILES string of the molecule is CSc1cccc(NC(=O)c2ccccc2Cc2ccccc2)c1. The van der Waals surface area contributed by atoms with E-state index in [1.165, 1.54) is 5.56 Å². The Morgan fingerprint density at radius 1 is 0.917 bits per heavy atom. The normalized spacial score (nSPS) is 10.4. The second-order valence-electron chi connectivity index (χ2n) is 5.51. The number of amides is 1. The van der Waals surface area contributed by atoms with Crippen LogP contribution in [0.4, 0.5) is 5.69 Å². The minimum absolute atomic E-state index is 0.0696. The van der Waals surface area contributed by atoms with Crippen molar-refractivity contribution in [1.29, 1.82) is 0 Å². The maximum absolute atomic E-state index is 12.7. The monoisotopic (exact) mass is 333 g/mol. The predicted octanol–water partition coefficient (Wildman–Crippen LogP) is 5.25. The predicted molar refractivity (Wildman–Crippen MR) is 102 cm³/mol. The molecular weight excluding hydrogens is 314 g/mol. The van der Waals surface area contributed by atoms with E-state index in [4.69, 9.17) is 0 Å². The first-order chi connectivity index (χ1) is 11.8. The van der Waals surface area contributed by atoms with E-state index in [0.29, 0.717) is 0 Å². The summed E-state index contributed by atoms with van der Waals surface area (Å²) in [6.07, 6.45) is 2.77. The summed E-state index contributed by atoms with van der Waals surface area (Å²) in [5, 5.41) is 3.01. The summed E-state index contributed by atoms with van der Waals surface area (Å²) in [6.45, 7) is 0. The van der Waals surface area contributed by atoms with Gasteiger partial charge in [-0.3, -0.25) is 4.79 Å². The molecule has 0 fully saturated rings. The zero-order chi connectivity index (χ0) is 16.8. The molecule has 2 nitrogen and oxygen atoms in total. The first-order valence-corrected chi connectivity index (χ1v) is 9.06. The second-order valence-corrected chi connectivity index (χ2v) is 6.39. The van der Waals surface area contributed by atoms with Crippen LogP contribution in [0.25, 0.3) is 0 Å². The molecular formula is C21H19NOS. The van der Waals surface area contributed by atoms with Crippen molar-refractivity contribution in [2.24, 2.45) is 0 Å². The van der Waals surface area contributed by atoms with E-state index in [9.17, 15) is 4.79 Å². The van der Waals surface area contributed by atoms with Crippen LogP contribution < -0.4 is 5.32 Å². The molecule has 3 aromatic carbocycles. The van der Waals surface area contributed by atoms with Gasteiger partial charge in [0, 0.05) is 16.1 Å². The fourth-order valence-electron chi connectivity index (χ4n) is 2.61. The molecule has 0 spiro atoms. The lowest BCUT2D eigenvalue weighted by Gasteiger charge is -2.11. The highest BCUT2D eigenvalue weighted by Gasteiger charge is 2.11. The van der Waals surface area contributed by atoms with Crippen molar-refractivity contribution in [3.8, 4) is 0 Å². The van der Waals surface area contributed by atoms with Crippen molar-refractivity contribution in [3.05, 3.63) is 95.6 Å². The molecule has 0 heterocycles. The molecule has 0 aliphatic carbocycles. The zero-order valence-electron chi connectivity index (χ0n) is 13.5. The van der Waals surface area contributed by atoms with Crippen molar-refractivity contribution < 1.29 is 4.79 Å². The Morgan fingerprint density at radius 2 is 1.67 bits per heavy atom. The van der Waals surface area contributed by atoms with Gasteiger partial charge in [0.05, 0.1) is 0 Å². The van der Waals surface area contributed by atoms with Crippen LogP contribution in [0.2, 0.25) is 0 Å². The number of hydrogen-bond donors (Lipinski definition) is 1. The van der Waals surface area contributed by atoms with Crippen LogP contribution in [0.5, 0.6) is 0 Å². The fourth-order valence-corrected chi connectivity index (χ4v) is 3.07. The molecule has 0 unspecified atom stereocenters. The summed E-state index contributed by atoms with van der Waals surface area (Å²) in [6, 6.07) is 25.9. The number of rotatable bonds is 5. The van der Waals surface area contributed by atoms with Crippen molar-refractivity contribution in [2.45, 2.75) is 11.3 Å². The number of thioether (sulfide) groups is 1. The number of anilines is 1. The third kappa shape index (κ3) is 4.06. The Bertz CT molecular complexity index is 830. The van der Waals surface area contributed by atoms with Crippen LogP contribution in [0.1, 0.15) is 21.5 Å². The summed E-state index contributed by atoms with van der Waals surface area (Å²) in [4.78, 5) is 13.8. The maximum Gasteiger partial charge on any atom is 0.255 e. The Morgan fingerprint density at radius 3 is 2.46 bits per heavy atom. The Labute approximate surface area is 146 Å². The average molecular weight is 333 g/mol. The van der Waals surface area contributed by atoms with Gasteiger partial charge < -0.3 is 5.32 Å². The van der Waals surface area contributed by atoms with E-state index in [-0.39, 0.29) is 5.91 Å². The van der Waals surface area contributed by atoms with Crippen LogP contribution in [0, 0.1) is 0 Å². The van der Waals surface area contributed by atoms with E-state index in [1.54, 1.807) is 11.8 Å². The Kier molecular flexibility index (Phi) is 5.34. The largest absolute Gasteiger partial charge is 0.322 e.